The summed E-state index contributed by atoms with van der Waals surface area (Å²) in [5.41, 5.74) is 2.36. The smallest absolute Gasteiger partial charge is 0.222 e. The van der Waals surface area contributed by atoms with Gasteiger partial charge in [-0.2, -0.15) is 0 Å². The Bertz CT molecular complexity index is 830. The van der Waals surface area contributed by atoms with Crippen molar-refractivity contribution in [3.05, 3.63) is 60.2 Å². The first-order valence-corrected chi connectivity index (χ1v) is 8.87. The van der Waals surface area contributed by atoms with Crippen LogP contribution in [0.3, 0.4) is 0 Å². The summed E-state index contributed by atoms with van der Waals surface area (Å²) in [6.07, 6.45) is 5.09. The van der Waals surface area contributed by atoms with E-state index >= 15 is 0 Å². The first-order chi connectivity index (χ1) is 12.3. The first-order valence-electron chi connectivity index (χ1n) is 8.87. The summed E-state index contributed by atoms with van der Waals surface area (Å²) < 4.78 is 5.40. The van der Waals surface area contributed by atoms with Gasteiger partial charge in [0.25, 0.3) is 0 Å². The Morgan fingerprint density at radius 2 is 1.92 bits per heavy atom. The Kier molecular flexibility index (Phi) is 4.57. The van der Waals surface area contributed by atoms with E-state index in [0.717, 1.165) is 50.4 Å². The van der Waals surface area contributed by atoms with Crippen LogP contribution in [0.2, 0.25) is 0 Å². The van der Waals surface area contributed by atoms with Crippen LogP contribution in [0.15, 0.2) is 53.3 Å². The second kappa shape index (κ2) is 7.15. The number of benzene rings is 1. The van der Waals surface area contributed by atoms with Gasteiger partial charge in [0.05, 0.1) is 12.8 Å². The zero-order valence-electron chi connectivity index (χ0n) is 14.3. The molecule has 1 N–H and O–H groups in total. The van der Waals surface area contributed by atoms with Gasteiger partial charge in [0.15, 0.2) is 0 Å². The molecule has 0 saturated carbocycles. The molecule has 3 aromatic rings. The molecule has 0 bridgehead atoms. The van der Waals surface area contributed by atoms with Gasteiger partial charge in [-0.05, 0) is 30.2 Å². The molecule has 4 rings (SSSR count). The third-order valence-electron chi connectivity index (χ3n) is 4.97. The Morgan fingerprint density at radius 3 is 2.72 bits per heavy atom. The van der Waals surface area contributed by atoms with Crippen LogP contribution in [0.1, 0.15) is 17.7 Å². The van der Waals surface area contributed by atoms with Gasteiger partial charge in [0.1, 0.15) is 5.76 Å². The minimum Gasteiger partial charge on any atom is -0.468 e. The number of hydrogen-bond donors (Lipinski definition) is 1. The third-order valence-corrected chi connectivity index (χ3v) is 4.97. The molecular weight excluding hydrogens is 314 g/mol. The van der Waals surface area contributed by atoms with Crippen LogP contribution in [0, 0.1) is 0 Å². The highest BCUT2D eigenvalue weighted by molar-refractivity contribution is 5.84. The number of fused-ring (bicyclic) bond motifs is 1. The number of rotatable bonds is 5. The lowest BCUT2D eigenvalue weighted by Crippen LogP contribution is -2.48. The van der Waals surface area contributed by atoms with Gasteiger partial charge in [-0.1, -0.05) is 18.2 Å². The highest BCUT2D eigenvalue weighted by Crippen LogP contribution is 2.19. The number of aromatic amines is 1. The Balaban J connectivity index is 1.28. The minimum absolute atomic E-state index is 0.253. The number of hydrogen-bond acceptors (Lipinski definition) is 3. The van der Waals surface area contributed by atoms with Crippen molar-refractivity contribution in [1.82, 2.24) is 14.8 Å². The van der Waals surface area contributed by atoms with Gasteiger partial charge in [0, 0.05) is 49.7 Å². The fourth-order valence-corrected chi connectivity index (χ4v) is 3.52. The number of amides is 1. The summed E-state index contributed by atoms with van der Waals surface area (Å²) >= 11 is 0. The maximum atomic E-state index is 12.5. The number of para-hydroxylation sites is 1. The van der Waals surface area contributed by atoms with Crippen molar-refractivity contribution in [3.63, 3.8) is 0 Å². The van der Waals surface area contributed by atoms with Crippen molar-refractivity contribution in [3.8, 4) is 0 Å². The van der Waals surface area contributed by atoms with E-state index < -0.39 is 0 Å². The number of piperazine rings is 1. The molecule has 1 aliphatic rings. The quantitative estimate of drug-likeness (QED) is 0.778. The Labute approximate surface area is 147 Å². The summed E-state index contributed by atoms with van der Waals surface area (Å²) in [4.78, 5) is 20.1. The van der Waals surface area contributed by atoms with Crippen molar-refractivity contribution < 1.29 is 9.21 Å². The zero-order chi connectivity index (χ0) is 17.1. The predicted molar refractivity (Wildman–Crippen MR) is 97.2 cm³/mol. The van der Waals surface area contributed by atoms with Crippen molar-refractivity contribution >= 4 is 16.8 Å². The SMILES string of the molecule is O=C(CCc1c[nH]c2ccccc12)N1CCN(Cc2ccco2)CC1. The molecule has 5 nitrogen and oxygen atoms in total. The number of carbonyl (C=O) groups excluding carboxylic acids is 1. The minimum atomic E-state index is 0.253. The van der Waals surface area contributed by atoms with Crippen LogP contribution in [-0.4, -0.2) is 46.9 Å². The van der Waals surface area contributed by atoms with E-state index in [-0.39, 0.29) is 5.91 Å². The number of H-pyrrole nitrogens is 1. The highest BCUT2D eigenvalue weighted by atomic mass is 16.3. The molecule has 0 unspecified atom stereocenters. The van der Waals surface area contributed by atoms with Crippen LogP contribution in [0.25, 0.3) is 10.9 Å². The summed E-state index contributed by atoms with van der Waals surface area (Å²) in [5.74, 6) is 1.24. The number of aromatic nitrogens is 1. The van der Waals surface area contributed by atoms with Gasteiger partial charge < -0.3 is 14.3 Å². The molecule has 0 aliphatic carbocycles. The monoisotopic (exact) mass is 337 g/mol. The van der Waals surface area contributed by atoms with Crippen molar-refractivity contribution in [2.45, 2.75) is 19.4 Å². The number of furan rings is 1. The molecule has 130 valence electrons. The molecular formula is C20H23N3O2. The van der Waals surface area contributed by atoms with E-state index in [1.807, 2.05) is 35.4 Å². The number of nitrogens with one attached hydrogen (secondary N) is 1. The second-order valence-electron chi connectivity index (χ2n) is 6.60. The van der Waals surface area contributed by atoms with Crippen LogP contribution in [-0.2, 0) is 17.8 Å². The number of carbonyl (C=O) groups is 1. The van der Waals surface area contributed by atoms with Gasteiger partial charge >= 0.3 is 0 Å². The molecule has 1 aliphatic heterocycles. The lowest BCUT2D eigenvalue weighted by molar-refractivity contribution is -0.133. The van der Waals surface area contributed by atoms with Crippen LogP contribution < -0.4 is 0 Å². The third kappa shape index (κ3) is 3.61. The molecule has 3 heterocycles. The summed E-state index contributed by atoms with van der Waals surface area (Å²) in [7, 11) is 0. The van der Waals surface area contributed by atoms with Crippen LogP contribution in [0.5, 0.6) is 0 Å². The number of nitrogens with zero attached hydrogens (tertiary/aromatic N) is 2. The van der Waals surface area contributed by atoms with Crippen molar-refractivity contribution in [2.75, 3.05) is 26.2 Å². The molecule has 1 saturated heterocycles. The average molecular weight is 337 g/mol. The summed E-state index contributed by atoms with van der Waals surface area (Å²) in [6, 6.07) is 12.2. The van der Waals surface area contributed by atoms with E-state index in [0.29, 0.717) is 6.42 Å². The first kappa shape index (κ1) is 16.0. The predicted octanol–water partition coefficient (Wildman–Crippen LogP) is 3.04. The molecule has 1 aromatic carbocycles. The normalized spacial score (nSPS) is 15.8. The molecule has 0 atom stereocenters. The van der Waals surface area contributed by atoms with E-state index in [2.05, 4.69) is 22.0 Å². The zero-order valence-corrected chi connectivity index (χ0v) is 14.3. The lowest BCUT2D eigenvalue weighted by atomic mass is 10.1. The van der Waals surface area contributed by atoms with Crippen LogP contribution in [0.4, 0.5) is 0 Å². The van der Waals surface area contributed by atoms with E-state index in [1.165, 1.54) is 10.9 Å². The molecule has 0 radical (unpaired) electrons. The van der Waals surface area contributed by atoms with Crippen LogP contribution >= 0.6 is 0 Å². The van der Waals surface area contributed by atoms with E-state index in [9.17, 15) is 4.79 Å². The lowest BCUT2D eigenvalue weighted by Gasteiger charge is -2.34. The van der Waals surface area contributed by atoms with E-state index in [4.69, 9.17) is 4.42 Å². The Morgan fingerprint density at radius 1 is 1.08 bits per heavy atom. The summed E-state index contributed by atoms with van der Waals surface area (Å²) in [5, 5.41) is 1.22. The van der Waals surface area contributed by atoms with Gasteiger partial charge in [-0.15, -0.1) is 0 Å². The molecule has 0 spiro atoms. The van der Waals surface area contributed by atoms with E-state index in [1.54, 1.807) is 6.26 Å². The fourth-order valence-electron chi connectivity index (χ4n) is 3.52. The van der Waals surface area contributed by atoms with Gasteiger partial charge in [-0.25, -0.2) is 0 Å². The van der Waals surface area contributed by atoms with Crippen molar-refractivity contribution in [2.24, 2.45) is 0 Å². The summed E-state index contributed by atoms with van der Waals surface area (Å²) in [6.45, 7) is 4.23. The fraction of sp³-hybridized carbons (Fsp3) is 0.350. The molecule has 5 heteroatoms. The maximum absolute atomic E-state index is 12.5. The topological polar surface area (TPSA) is 52.5 Å². The maximum Gasteiger partial charge on any atom is 0.222 e. The Hall–Kier alpha value is -2.53. The average Bonchev–Trinajstić information content (AvgIpc) is 3.30. The molecule has 2 aromatic heterocycles. The van der Waals surface area contributed by atoms with Gasteiger partial charge in [0.2, 0.25) is 5.91 Å². The number of aryl methyl sites for hydroxylation is 1. The molecule has 25 heavy (non-hydrogen) atoms. The standard InChI is InChI=1S/C20H23N3O2/c24-20(8-7-16-14-21-19-6-2-1-5-18(16)19)23-11-9-22(10-12-23)15-17-4-3-13-25-17/h1-6,13-14,21H,7-12,15H2. The van der Waals surface area contributed by atoms with Gasteiger partial charge in [-0.3, -0.25) is 9.69 Å². The molecule has 1 fully saturated rings. The molecule has 1 amide bonds. The highest BCUT2D eigenvalue weighted by Gasteiger charge is 2.21. The second-order valence-corrected chi connectivity index (χ2v) is 6.60. The van der Waals surface area contributed by atoms with Crippen molar-refractivity contribution in [1.29, 1.82) is 0 Å². The largest absolute Gasteiger partial charge is 0.468 e.